The minimum Gasteiger partial charge on any atom is -0.379 e. The highest BCUT2D eigenvalue weighted by atomic mass is 16.6. The van der Waals surface area contributed by atoms with Crippen molar-refractivity contribution in [3.8, 4) is 0 Å². The second-order valence-electron chi connectivity index (χ2n) is 3.51. The summed E-state index contributed by atoms with van der Waals surface area (Å²) in [6.07, 6.45) is 1.76. The van der Waals surface area contributed by atoms with Gasteiger partial charge in [-0.2, -0.15) is 0 Å². The van der Waals surface area contributed by atoms with Crippen LogP contribution in [0.5, 0.6) is 0 Å². The second-order valence-corrected chi connectivity index (χ2v) is 3.51. The van der Waals surface area contributed by atoms with Crippen molar-refractivity contribution in [3.63, 3.8) is 0 Å². The summed E-state index contributed by atoms with van der Waals surface area (Å²) in [6, 6.07) is 0. The first kappa shape index (κ1) is 9.40. The lowest BCUT2D eigenvalue weighted by molar-refractivity contribution is -0.0375. The molecule has 0 amide bonds. The van der Waals surface area contributed by atoms with Crippen molar-refractivity contribution in [2.75, 3.05) is 39.5 Å². The van der Waals surface area contributed by atoms with Gasteiger partial charge in [0, 0.05) is 19.7 Å². The largest absolute Gasteiger partial charge is 0.379 e. The molecule has 1 N–H and O–H groups in total. The summed E-state index contributed by atoms with van der Waals surface area (Å²) >= 11 is 0. The van der Waals surface area contributed by atoms with Crippen LogP contribution in [0.15, 0.2) is 0 Å². The molecular formula is C9H17NO3. The van der Waals surface area contributed by atoms with Gasteiger partial charge in [0.1, 0.15) is 0 Å². The number of hydrogen-bond donors (Lipinski definition) is 1. The zero-order valence-corrected chi connectivity index (χ0v) is 7.83. The third kappa shape index (κ3) is 2.91. The average molecular weight is 187 g/mol. The number of nitrogens with one attached hydrogen (secondary N) is 1. The first-order valence-corrected chi connectivity index (χ1v) is 4.97. The van der Waals surface area contributed by atoms with Gasteiger partial charge in [-0.05, 0) is 6.42 Å². The van der Waals surface area contributed by atoms with E-state index in [2.05, 4.69) is 5.32 Å². The molecule has 4 heteroatoms. The number of hydrogen-bond acceptors (Lipinski definition) is 4. The van der Waals surface area contributed by atoms with Crippen LogP contribution in [0, 0.1) is 0 Å². The second kappa shape index (κ2) is 4.91. The van der Waals surface area contributed by atoms with E-state index in [4.69, 9.17) is 14.2 Å². The van der Waals surface area contributed by atoms with Crippen LogP contribution in [0.1, 0.15) is 6.42 Å². The standard InChI is InChI=1S/C9H17NO3/c1-2-11-7-8(1)12-3-4-13-9-5-10-6-9/h8-10H,1-7H2. The maximum absolute atomic E-state index is 5.55. The van der Waals surface area contributed by atoms with Gasteiger partial charge in [-0.1, -0.05) is 0 Å². The van der Waals surface area contributed by atoms with Crippen LogP contribution in [-0.2, 0) is 14.2 Å². The molecular weight excluding hydrogens is 170 g/mol. The van der Waals surface area contributed by atoms with Gasteiger partial charge in [0.15, 0.2) is 0 Å². The minimum atomic E-state index is 0.308. The lowest BCUT2D eigenvalue weighted by atomic mass is 10.2. The van der Waals surface area contributed by atoms with Gasteiger partial charge in [0.2, 0.25) is 0 Å². The Labute approximate surface area is 78.5 Å². The summed E-state index contributed by atoms with van der Waals surface area (Å²) in [5.41, 5.74) is 0. The first-order valence-electron chi connectivity index (χ1n) is 4.97. The van der Waals surface area contributed by atoms with Crippen molar-refractivity contribution < 1.29 is 14.2 Å². The highest BCUT2D eigenvalue weighted by Gasteiger charge is 2.18. The topological polar surface area (TPSA) is 39.7 Å². The molecule has 0 aromatic rings. The fraction of sp³-hybridized carbons (Fsp3) is 1.00. The van der Waals surface area contributed by atoms with Crippen LogP contribution in [-0.4, -0.2) is 51.7 Å². The molecule has 0 bridgehead atoms. The highest BCUT2D eigenvalue weighted by molar-refractivity contribution is 4.74. The summed E-state index contributed by atoms with van der Waals surface area (Å²) < 4.78 is 16.3. The van der Waals surface area contributed by atoms with E-state index < -0.39 is 0 Å². The molecule has 2 rings (SSSR count). The number of ether oxygens (including phenoxy) is 3. The normalized spacial score (nSPS) is 29.1. The molecule has 0 aromatic carbocycles. The Hall–Kier alpha value is -0.160. The summed E-state index contributed by atoms with van der Waals surface area (Å²) in [5, 5.41) is 3.16. The van der Waals surface area contributed by atoms with Crippen LogP contribution < -0.4 is 5.32 Å². The van der Waals surface area contributed by atoms with E-state index in [-0.39, 0.29) is 0 Å². The smallest absolute Gasteiger partial charge is 0.0831 e. The van der Waals surface area contributed by atoms with Crippen LogP contribution >= 0.6 is 0 Å². The molecule has 0 saturated carbocycles. The van der Waals surface area contributed by atoms with Crippen molar-refractivity contribution >= 4 is 0 Å². The van der Waals surface area contributed by atoms with Gasteiger partial charge in [0.05, 0.1) is 32.0 Å². The van der Waals surface area contributed by atoms with Crippen LogP contribution in [0.25, 0.3) is 0 Å². The molecule has 4 nitrogen and oxygen atoms in total. The lowest BCUT2D eigenvalue weighted by Crippen LogP contribution is -2.48. The third-order valence-electron chi connectivity index (χ3n) is 2.42. The quantitative estimate of drug-likeness (QED) is 0.604. The van der Waals surface area contributed by atoms with E-state index >= 15 is 0 Å². The maximum atomic E-state index is 5.55. The summed E-state index contributed by atoms with van der Waals surface area (Å²) in [6.45, 7) is 5.00. The molecule has 0 aromatic heterocycles. The highest BCUT2D eigenvalue weighted by Crippen LogP contribution is 2.07. The van der Waals surface area contributed by atoms with Gasteiger partial charge in [-0.25, -0.2) is 0 Å². The van der Waals surface area contributed by atoms with E-state index in [0.29, 0.717) is 25.4 Å². The summed E-state index contributed by atoms with van der Waals surface area (Å²) in [7, 11) is 0. The molecule has 2 heterocycles. The van der Waals surface area contributed by atoms with Crippen molar-refractivity contribution in [3.05, 3.63) is 0 Å². The molecule has 0 aliphatic carbocycles. The molecule has 2 saturated heterocycles. The van der Waals surface area contributed by atoms with Crippen molar-refractivity contribution in [1.29, 1.82) is 0 Å². The van der Waals surface area contributed by atoms with E-state index in [1.165, 1.54) is 0 Å². The van der Waals surface area contributed by atoms with Gasteiger partial charge >= 0.3 is 0 Å². The average Bonchev–Trinajstić information content (AvgIpc) is 2.53. The molecule has 13 heavy (non-hydrogen) atoms. The van der Waals surface area contributed by atoms with E-state index in [9.17, 15) is 0 Å². The Bertz CT molecular complexity index is 144. The third-order valence-corrected chi connectivity index (χ3v) is 2.42. The van der Waals surface area contributed by atoms with Crippen molar-refractivity contribution in [2.45, 2.75) is 18.6 Å². The maximum Gasteiger partial charge on any atom is 0.0831 e. The predicted octanol–water partition coefficient (Wildman–Crippen LogP) is -0.220. The number of rotatable bonds is 5. The van der Waals surface area contributed by atoms with Crippen LogP contribution in [0.4, 0.5) is 0 Å². The Morgan fingerprint density at radius 2 is 1.92 bits per heavy atom. The molecule has 2 aliphatic heterocycles. The molecule has 2 aliphatic rings. The molecule has 1 atom stereocenters. The van der Waals surface area contributed by atoms with Crippen LogP contribution in [0.2, 0.25) is 0 Å². The molecule has 2 fully saturated rings. The van der Waals surface area contributed by atoms with E-state index in [1.807, 2.05) is 0 Å². The predicted molar refractivity (Wildman–Crippen MR) is 47.8 cm³/mol. The van der Waals surface area contributed by atoms with Gasteiger partial charge in [0.25, 0.3) is 0 Å². The summed E-state index contributed by atoms with van der Waals surface area (Å²) in [5.74, 6) is 0. The summed E-state index contributed by atoms with van der Waals surface area (Å²) in [4.78, 5) is 0. The van der Waals surface area contributed by atoms with E-state index in [1.54, 1.807) is 0 Å². The molecule has 1 unspecified atom stereocenters. The van der Waals surface area contributed by atoms with Crippen molar-refractivity contribution in [1.82, 2.24) is 5.32 Å². The monoisotopic (exact) mass is 187 g/mol. The SMILES string of the molecule is C1CC(OCCOC2CNC2)CO1. The lowest BCUT2D eigenvalue weighted by Gasteiger charge is -2.27. The van der Waals surface area contributed by atoms with Crippen LogP contribution in [0.3, 0.4) is 0 Å². The van der Waals surface area contributed by atoms with Gasteiger partial charge < -0.3 is 19.5 Å². The fourth-order valence-electron chi connectivity index (χ4n) is 1.45. The fourth-order valence-corrected chi connectivity index (χ4v) is 1.45. The minimum absolute atomic E-state index is 0.308. The zero-order valence-electron chi connectivity index (χ0n) is 7.83. The molecule has 76 valence electrons. The van der Waals surface area contributed by atoms with Gasteiger partial charge in [-0.3, -0.25) is 0 Å². The molecule has 0 radical (unpaired) electrons. The Kier molecular flexibility index (Phi) is 3.55. The van der Waals surface area contributed by atoms with Crippen molar-refractivity contribution in [2.24, 2.45) is 0 Å². The Morgan fingerprint density at radius 1 is 1.15 bits per heavy atom. The van der Waals surface area contributed by atoms with Gasteiger partial charge in [-0.15, -0.1) is 0 Å². The first-order chi connectivity index (χ1) is 6.45. The molecule has 0 spiro atoms. The van der Waals surface area contributed by atoms with E-state index in [0.717, 1.165) is 32.7 Å². The Morgan fingerprint density at radius 3 is 2.46 bits per heavy atom. The Balaban J connectivity index is 1.43. The zero-order chi connectivity index (χ0) is 8.93.